The predicted octanol–water partition coefficient (Wildman–Crippen LogP) is 3.56. The maximum absolute atomic E-state index is 11.8. The molecule has 1 aromatic carbocycles. The van der Waals surface area contributed by atoms with E-state index < -0.39 is 11.7 Å². The van der Waals surface area contributed by atoms with E-state index in [1.807, 2.05) is 46.0 Å². The van der Waals surface area contributed by atoms with Crippen LogP contribution in [0, 0.1) is 0 Å². The van der Waals surface area contributed by atoms with E-state index in [1.54, 1.807) is 0 Å². The number of hydrogen-bond donors (Lipinski definition) is 2. The quantitative estimate of drug-likeness (QED) is 0.888. The summed E-state index contributed by atoms with van der Waals surface area (Å²) in [6.45, 7) is 6.38. The molecule has 4 nitrogen and oxygen atoms in total. The molecule has 1 amide bonds. The van der Waals surface area contributed by atoms with E-state index in [0.29, 0.717) is 0 Å². The van der Waals surface area contributed by atoms with Gasteiger partial charge >= 0.3 is 6.09 Å². The summed E-state index contributed by atoms with van der Waals surface area (Å²) in [7, 11) is 1.90. The lowest BCUT2D eigenvalue weighted by atomic mass is 10.1. The molecule has 0 saturated carbocycles. The van der Waals surface area contributed by atoms with Crippen LogP contribution < -0.4 is 10.6 Å². The van der Waals surface area contributed by atoms with Crippen LogP contribution in [0.4, 0.5) is 10.5 Å². The lowest BCUT2D eigenvalue weighted by Crippen LogP contribution is -2.27. The van der Waals surface area contributed by atoms with Crippen molar-refractivity contribution in [3.8, 4) is 0 Å². The molecular formula is C14H21BrN2O2. The van der Waals surface area contributed by atoms with E-state index in [2.05, 4.69) is 26.6 Å². The summed E-state index contributed by atoms with van der Waals surface area (Å²) in [6.07, 6.45) is 0.408. The number of benzene rings is 1. The maximum Gasteiger partial charge on any atom is 0.412 e. The molecule has 0 saturated heterocycles. The minimum atomic E-state index is -0.499. The zero-order valence-corrected chi connectivity index (χ0v) is 13.4. The molecule has 5 heteroatoms. The van der Waals surface area contributed by atoms with Crippen LogP contribution in [0.3, 0.4) is 0 Å². The summed E-state index contributed by atoms with van der Waals surface area (Å²) in [4.78, 5) is 11.8. The Balaban J connectivity index is 2.80. The van der Waals surface area contributed by atoms with E-state index in [9.17, 15) is 4.79 Å². The van der Waals surface area contributed by atoms with Gasteiger partial charge in [0.2, 0.25) is 0 Å². The molecule has 0 aliphatic heterocycles. The highest BCUT2D eigenvalue weighted by molar-refractivity contribution is 9.10. The minimum absolute atomic E-state index is 0.434. The van der Waals surface area contributed by atoms with Gasteiger partial charge in [-0.3, -0.25) is 5.32 Å². The Labute approximate surface area is 123 Å². The smallest absolute Gasteiger partial charge is 0.412 e. The average Bonchev–Trinajstić information content (AvgIpc) is 2.25. The summed E-state index contributed by atoms with van der Waals surface area (Å²) in [5.41, 5.74) is 1.35. The van der Waals surface area contributed by atoms with Gasteiger partial charge in [-0.15, -0.1) is 0 Å². The largest absolute Gasteiger partial charge is 0.444 e. The Hall–Kier alpha value is -1.07. The number of rotatable bonds is 4. The van der Waals surface area contributed by atoms with Crippen LogP contribution in [0.1, 0.15) is 26.3 Å². The van der Waals surface area contributed by atoms with Crippen molar-refractivity contribution in [2.75, 3.05) is 18.9 Å². The Morgan fingerprint density at radius 3 is 2.63 bits per heavy atom. The lowest BCUT2D eigenvalue weighted by Gasteiger charge is -2.20. The maximum atomic E-state index is 11.8. The van der Waals surface area contributed by atoms with Gasteiger partial charge in [-0.05, 0) is 58.5 Å². The number of amides is 1. The Bertz CT molecular complexity index is 442. The van der Waals surface area contributed by atoms with Crippen molar-refractivity contribution >= 4 is 27.7 Å². The molecule has 106 valence electrons. The van der Waals surface area contributed by atoms with E-state index in [-0.39, 0.29) is 0 Å². The van der Waals surface area contributed by atoms with Gasteiger partial charge in [0.25, 0.3) is 0 Å². The molecule has 0 aromatic heterocycles. The lowest BCUT2D eigenvalue weighted by molar-refractivity contribution is 0.0636. The standard InChI is InChI=1S/C14H21BrN2O2/c1-14(2,3)19-13(18)17-12-9-11(15)6-5-10(12)7-8-16-4/h5-6,9,16H,7-8H2,1-4H3,(H,17,18). The Morgan fingerprint density at radius 2 is 2.05 bits per heavy atom. The minimum Gasteiger partial charge on any atom is -0.444 e. The number of carbonyl (C=O) groups excluding carboxylic acids is 1. The molecule has 0 aliphatic carbocycles. The molecule has 1 rings (SSSR count). The molecular weight excluding hydrogens is 308 g/mol. The molecule has 0 bridgehead atoms. The van der Waals surface area contributed by atoms with Gasteiger partial charge in [-0.1, -0.05) is 22.0 Å². The summed E-state index contributed by atoms with van der Waals surface area (Å²) >= 11 is 3.41. The van der Waals surface area contributed by atoms with Crippen molar-refractivity contribution in [1.29, 1.82) is 0 Å². The number of nitrogens with one attached hydrogen (secondary N) is 2. The molecule has 1 aromatic rings. The van der Waals surface area contributed by atoms with Crippen molar-refractivity contribution in [3.05, 3.63) is 28.2 Å². The third-order valence-electron chi connectivity index (χ3n) is 2.35. The topological polar surface area (TPSA) is 50.4 Å². The molecule has 2 N–H and O–H groups in total. The van der Waals surface area contributed by atoms with Crippen LogP contribution in [-0.2, 0) is 11.2 Å². The van der Waals surface area contributed by atoms with Gasteiger partial charge < -0.3 is 10.1 Å². The second kappa shape index (κ2) is 6.91. The first-order valence-corrected chi connectivity index (χ1v) is 7.04. The number of hydrogen-bond acceptors (Lipinski definition) is 3. The SMILES string of the molecule is CNCCc1ccc(Br)cc1NC(=O)OC(C)(C)C. The highest BCUT2D eigenvalue weighted by Crippen LogP contribution is 2.22. The third kappa shape index (κ3) is 6.07. The highest BCUT2D eigenvalue weighted by atomic mass is 79.9. The van der Waals surface area contributed by atoms with E-state index in [4.69, 9.17) is 4.74 Å². The summed E-state index contributed by atoms with van der Waals surface area (Å²) in [6, 6.07) is 5.84. The van der Waals surface area contributed by atoms with Crippen LogP contribution in [-0.4, -0.2) is 25.3 Å². The first kappa shape index (κ1) is 16.0. The first-order chi connectivity index (χ1) is 8.81. The summed E-state index contributed by atoms with van der Waals surface area (Å²) in [5.74, 6) is 0. The van der Waals surface area contributed by atoms with Crippen molar-refractivity contribution in [2.45, 2.75) is 32.8 Å². The number of halogens is 1. The molecule has 0 unspecified atom stereocenters. The van der Waals surface area contributed by atoms with E-state index in [1.165, 1.54) is 0 Å². The highest BCUT2D eigenvalue weighted by Gasteiger charge is 2.17. The first-order valence-electron chi connectivity index (χ1n) is 6.25. The monoisotopic (exact) mass is 328 g/mol. The fourth-order valence-electron chi connectivity index (χ4n) is 1.56. The Kier molecular flexibility index (Phi) is 5.82. The zero-order valence-electron chi connectivity index (χ0n) is 11.8. The summed E-state index contributed by atoms with van der Waals surface area (Å²) < 4.78 is 6.18. The second-order valence-electron chi connectivity index (χ2n) is 5.28. The van der Waals surface area contributed by atoms with Crippen molar-refractivity contribution in [3.63, 3.8) is 0 Å². The fraction of sp³-hybridized carbons (Fsp3) is 0.500. The average molecular weight is 329 g/mol. The molecule has 0 atom stereocenters. The van der Waals surface area contributed by atoms with Gasteiger partial charge in [0, 0.05) is 10.2 Å². The summed E-state index contributed by atoms with van der Waals surface area (Å²) in [5, 5.41) is 5.89. The number of likely N-dealkylation sites (N-methyl/N-ethyl adjacent to an activating group) is 1. The van der Waals surface area contributed by atoms with E-state index in [0.717, 1.165) is 28.7 Å². The van der Waals surface area contributed by atoms with Gasteiger partial charge in [-0.2, -0.15) is 0 Å². The van der Waals surface area contributed by atoms with Gasteiger partial charge in [0.05, 0.1) is 0 Å². The van der Waals surface area contributed by atoms with Crippen LogP contribution in [0.25, 0.3) is 0 Å². The van der Waals surface area contributed by atoms with Crippen LogP contribution >= 0.6 is 15.9 Å². The molecule has 0 aliphatic rings. The van der Waals surface area contributed by atoms with Crippen LogP contribution in [0.15, 0.2) is 22.7 Å². The van der Waals surface area contributed by atoms with Gasteiger partial charge in [0.15, 0.2) is 0 Å². The van der Waals surface area contributed by atoms with Gasteiger partial charge in [0.1, 0.15) is 5.60 Å². The molecule has 0 fully saturated rings. The molecule has 19 heavy (non-hydrogen) atoms. The normalized spacial score (nSPS) is 11.2. The Morgan fingerprint density at radius 1 is 1.37 bits per heavy atom. The number of anilines is 1. The second-order valence-corrected chi connectivity index (χ2v) is 6.20. The molecule has 0 heterocycles. The number of carbonyl (C=O) groups is 1. The van der Waals surface area contributed by atoms with Crippen LogP contribution in [0.2, 0.25) is 0 Å². The molecule has 0 radical (unpaired) electrons. The fourth-order valence-corrected chi connectivity index (χ4v) is 1.92. The van der Waals surface area contributed by atoms with Crippen LogP contribution in [0.5, 0.6) is 0 Å². The third-order valence-corrected chi connectivity index (χ3v) is 2.85. The predicted molar refractivity (Wildman–Crippen MR) is 81.6 cm³/mol. The van der Waals surface area contributed by atoms with Crippen molar-refractivity contribution in [1.82, 2.24) is 5.32 Å². The number of ether oxygens (including phenoxy) is 1. The zero-order chi connectivity index (χ0) is 14.5. The van der Waals surface area contributed by atoms with E-state index >= 15 is 0 Å². The van der Waals surface area contributed by atoms with Crippen molar-refractivity contribution < 1.29 is 9.53 Å². The van der Waals surface area contributed by atoms with Crippen molar-refractivity contribution in [2.24, 2.45) is 0 Å². The molecule has 0 spiro atoms. The van der Waals surface area contributed by atoms with Gasteiger partial charge in [-0.25, -0.2) is 4.79 Å².